The highest BCUT2D eigenvalue weighted by Gasteiger charge is 2.19. The molecule has 1 aromatic carbocycles. The van der Waals surface area contributed by atoms with Crippen molar-refractivity contribution in [1.29, 1.82) is 0 Å². The third kappa shape index (κ3) is 3.55. The zero-order chi connectivity index (χ0) is 15.4. The van der Waals surface area contributed by atoms with Crippen molar-refractivity contribution in [1.82, 2.24) is 4.98 Å². The molecule has 0 aliphatic carbocycles. The van der Waals surface area contributed by atoms with E-state index in [1.807, 2.05) is 12.1 Å². The number of benzene rings is 1. The fourth-order valence-corrected chi connectivity index (χ4v) is 2.12. The maximum atomic E-state index is 11.2. The molecule has 1 atom stereocenters. The van der Waals surface area contributed by atoms with Crippen LogP contribution in [-0.4, -0.2) is 22.1 Å². The van der Waals surface area contributed by atoms with E-state index in [-0.39, 0.29) is 5.69 Å². The Morgan fingerprint density at radius 3 is 2.57 bits per heavy atom. The van der Waals surface area contributed by atoms with Gasteiger partial charge in [-0.25, -0.2) is 0 Å². The first-order chi connectivity index (χ1) is 9.99. The van der Waals surface area contributed by atoms with Gasteiger partial charge >= 0.3 is 0 Å². The molecule has 2 rings (SSSR count). The predicted octanol–water partition coefficient (Wildman–Crippen LogP) is 2.68. The molecule has 0 saturated heterocycles. The Morgan fingerprint density at radius 1 is 1.33 bits per heavy atom. The van der Waals surface area contributed by atoms with Gasteiger partial charge in [-0.15, -0.1) is 0 Å². The average Bonchev–Trinajstić information content (AvgIpc) is 2.47. The first kappa shape index (κ1) is 14.9. The van der Waals surface area contributed by atoms with E-state index in [2.05, 4.69) is 4.98 Å². The van der Waals surface area contributed by atoms with Crippen molar-refractivity contribution in [2.45, 2.75) is 19.6 Å². The average molecular weight is 287 g/mol. The maximum absolute atomic E-state index is 11.2. The van der Waals surface area contributed by atoms with Crippen LogP contribution in [-0.2, 0) is 6.54 Å². The van der Waals surface area contributed by atoms with Gasteiger partial charge in [-0.1, -0.05) is 6.07 Å². The van der Waals surface area contributed by atoms with Gasteiger partial charge in [0.1, 0.15) is 5.69 Å². The number of rotatable bonds is 5. The highest BCUT2D eigenvalue weighted by Crippen LogP contribution is 2.31. The van der Waals surface area contributed by atoms with Gasteiger partial charge in [-0.2, -0.15) is 0 Å². The van der Waals surface area contributed by atoms with Crippen molar-refractivity contribution in [3.05, 3.63) is 64.0 Å². The molecular formula is C15H17N3O3. The molecule has 6 nitrogen and oxygen atoms in total. The Labute approximate surface area is 122 Å². The van der Waals surface area contributed by atoms with Crippen LogP contribution in [0.25, 0.3) is 0 Å². The number of aromatic nitrogens is 1. The normalized spacial score (nSPS) is 12.0. The molecule has 110 valence electrons. The van der Waals surface area contributed by atoms with Crippen LogP contribution in [0.3, 0.4) is 0 Å². The zero-order valence-corrected chi connectivity index (χ0v) is 11.9. The number of nitrogens with zero attached hydrogens (tertiary/aromatic N) is 3. The molecule has 0 aliphatic rings. The Balaban J connectivity index is 2.32. The fourth-order valence-electron chi connectivity index (χ4n) is 2.12. The molecular weight excluding hydrogens is 270 g/mol. The molecule has 0 radical (unpaired) electrons. The highest BCUT2D eigenvalue weighted by molar-refractivity contribution is 5.64. The second-order valence-electron chi connectivity index (χ2n) is 4.89. The minimum Gasteiger partial charge on any atom is -0.389 e. The molecule has 2 aromatic rings. The van der Waals surface area contributed by atoms with Crippen molar-refractivity contribution in [3.63, 3.8) is 0 Å². The summed E-state index contributed by atoms with van der Waals surface area (Å²) in [6, 6.07) is 8.53. The molecule has 0 aliphatic heterocycles. The molecule has 0 spiro atoms. The molecule has 21 heavy (non-hydrogen) atoms. The molecule has 1 heterocycles. The van der Waals surface area contributed by atoms with Gasteiger partial charge < -0.3 is 10.0 Å². The Morgan fingerprint density at radius 2 is 2.00 bits per heavy atom. The highest BCUT2D eigenvalue weighted by atomic mass is 16.6. The largest absolute Gasteiger partial charge is 0.389 e. The third-order valence-electron chi connectivity index (χ3n) is 3.26. The molecule has 0 saturated carbocycles. The lowest BCUT2D eigenvalue weighted by Crippen LogP contribution is -2.18. The van der Waals surface area contributed by atoms with Gasteiger partial charge in [0, 0.05) is 32.1 Å². The van der Waals surface area contributed by atoms with Gasteiger partial charge in [0.25, 0.3) is 5.69 Å². The van der Waals surface area contributed by atoms with E-state index in [1.165, 1.54) is 6.07 Å². The second-order valence-corrected chi connectivity index (χ2v) is 4.89. The number of anilines is 1. The summed E-state index contributed by atoms with van der Waals surface area (Å²) in [5, 5.41) is 20.8. The van der Waals surface area contributed by atoms with E-state index in [1.54, 1.807) is 43.4 Å². The van der Waals surface area contributed by atoms with Crippen LogP contribution < -0.4 is 4.90 Å². The van der Waals surface area contributed by atoms with Crippen molar-refractivity contribution in [2.75, 3.05) is 11.9 Å². The number of aliphatic hydroxyl groups is 1. The molecule has 1 aromatic heterocycles. The van der Waals surface area contributed by atoms with E-state index in [0.717, 1.165) is 5.56 Å². The van der Waals surface area contributed by atoms with Crippen molar-refractivity contribution in [3.8, 4) is 0 Å². The van der Waals surface area contributed by atoms with Crippen molar-refractivity contribution >= 4 is 11.4 Å². The monoisotopic (exact) mass is 287 g/mol. The smallest absolute Gasteiger partial charge is 0.292 e. The van der Waals surface area contributed by atoms with Gasteiger partial charge in [-0.3, -0.25) is 15.1 Å². The molecule has 1 unspecified atom stereocenters. The molecule has 6 heteroatoms. The molecule has 0 amide bonds. The zero-order valence-electron chi connectivity index (χ0n) is 11.9. The van der Waals surface area contributed by atoms with E-state index < -0.39 is 11.0 Å². The summed E-state index contributed by atoms with van der Waals surface area (Å²) in [4.78, 5) is 16.6. The SMILES string of the molecule is CC(O)c1ccc(N(C)Cc2ccncc2)c([N+](=O)[O-])c1. The Hall–Kier alpha value is -2.47. The van der Waals surface area contributed by atoms with Crippen LogP contribution in [0.15, 0.2) is 42.7 Å². The number of hydrogen-bond donors (Lipinski definition) is 1. The Kier molecular flexibility index (Phi) is 4.49. The number of aliphatic hydroxyl groups excluding tert-OH is 1. The summed E-state index contributed by atoms with van der Waals surface area (Å²) in [6.45, 7) is 2.12. The Bertz CT molecular complexity index is 629. The summed E-state index contributed by atoms with van der Waals surface area (Å²) in [5.74, 6) is 0. The predicted molar refractivity (Wildman–Crippen MR) is 80.1 cm³/mol. The quantitative estimate of drug-likeness (QED) is 0.675. The van der Waals surface area contributed by atoms with Crippen LogP contribution in [0, 0.1) is 10.1 Å². The summed E-state index contributed by atoms with van der Waals surface area (Å²) < 4.78 is 0. The first-order valence-electron chi connectivity index (χ1n) is 6.55. The number of nitro groups is 1. The summed E-state index contributed by atoms with van der Waals surface area (Å²) in [7, 11) is 1.80. The topological polar surface area (TPSA) is 79.5 Å². The van der Waals surface area contributed by atoms with Crippen LogP contribution in [0.5, 0.6) is 0 Å². The first-order valence-corrected chi connectivity index (χ1v) is 6.55. The van der Waals surface area contributed by atoms with Gasteiger partial charge in [-0.05, 0) is 36.2 Å². The van der Waals surface area contributed by atoms with E-state index in [9.17, 15) is 15.2 Å². The van der Waals surface area contributed by atoms with Gasteiger partial charge in [0.2, 0.25) is 0 Å². The lowest BCUT2D eigenvalue weighted by Gasteiger charge is -2.20. The van der Waals surface area contributed by atoms with Crippen molar-refractivity contribution in [2.24, 2.45) is 0 Å². The van der Waals surface area contributed by atoms with E-state index >= 15 is 0 Å². The second kappa shape index (κ2) is 6.32. The van der Waals surface area contributed by atoms with Crippen LogP contribution in [0.4, 0.5) is 11.4 Å². The molecule has 1 N–H and O–H groups in total. The van der Waals surface area contributed by atoms with E-state index in [0.29, 0.717) is 17.8 Å². The molecule has 0 fully saturated rings. The van der Waals surface area contributed by atoms with Gasteiger partial charge in [0.05, 0.1) is 11.0 Å². The van der Waals surface area contributed by atoms with Crippen LogP contribution >= 0.6 is 0 Å². The lowest BCUT2D eigenvalue weighted by atomic mass is 10.1. The summed E-state index contributed by atoms with van der Waals surface area (Å²) in [6.07, 6.45) is 2.64. The minimum absolute atomic E-state index is 0.00930. The van der Waals surface area contributed by atoms with Gasteiger partial charge in [0.15, 0.2) is 0 Å². The lowest BCUT2D eigenvalue weighted by molar-refractivity contribution is -0.384. The summed E-state index contributed by atoms with van der Waals surface area (Å²) in [5.41, 5.74) is 2.05. The fraction of sp³-hybridized carbons (Fsp3) is 0.267. The maximum Gasteiger partial charge on any atom is 0.292 e. The number of nitro benzene ring substituents is 1. The number of pyridine rings is 1. The van der Waals surface area contributed by atoms with E-state index in [4.69, 9.17) is 0 Å². The van der Waals surface area contributed by atoms with Crippen molar-refractivity contribution < 1.29 is 10.0 Å². The standard InChI is InChI=1S/C15H17N3O3/c1-11(19)13-3-4-14(15(9-13)18(20)21)17(2)10-12-5-7-16-8-6-12/h3-9,11,19H,10H2,1-2H3. The number of hydrogen-bond acceptors (Lipinski definition) is 5. The summed E-state index contributed by atoms with van der Waals surface area (Å²) >= 11 is 0. The molecule has 0 bridgehead atoms. The van der Waals surface area contributed by atoms with Crippen LogP contribution in [0.2, 0.25) is 0 Å². The minimum atomic E-state index is -0.733. The third-order valence-corrected chi connectivity index (χ3v) is 3.26. The van der Waals surface area contributed by atoms with Crippen LogP contribution in [0.1, 0.15) is 24.2 Å².